The van der Waals surface area contributed by atoms with Crippen LogP contribution in [0.4, 0.5) is 10.5 Å². The first-order chi connectivity index (χ1) is 9.47. The number of amides is 4. The molecule has 1 saturated heterocycles. The van der Waals surface area contributed by atoms with E-state index in [1.165, 1.54) is 12.1 Å². The Hall–Kier alpha value is -1.59. The van der Waals surface area contributed by atoms with Crippen LogP contribution in [0.25, 0.3) is 0 Å². The van der Waals surface area contributed by atoms with Crippen molar-refractivity contribution in [2.24, 2.45) is 5.92 Å². The van der Waals surface area contributed by atoms with E-state index in [1.807, 2.05) is 6.92 Å². The molecule has 0 saturated carbocycles. The van der Waals surface area contributed by atoms with E-state index in [1.54, 1.807) is 6.07 Å². The van der Waals surface area contributed by atoms with Gasteiger partial charge in [-0.2, -0.15) is 0 Å². The summed E-state index contributed by atoms with van der Waals surface area (Å²) in [6.45, 7) is 1.85. The lowest BCUT2D eigenvalue weighted by atomic mass is 9.99. The smallest absolute Gasteiger partial charge is 0.277 e. The minimum atomic E-state index is -0.898. The van der Waals surface area contributed by atoms with Crippen molar-refractivity contribution in [2.45, 2.75) is 19.8 Å². The molecule has 20 heavy (non-hydrogen) atoms. The molecule has 1 N–H and O–H groups in total. The highest BCUT2D eigenvalue weighted by Gasteiger charge is 2.41. The van der Waals surface area contributed by atoms with Gasteiger partial charge in [0.1, 0.15) is 5.92 Å². The molecule has 1 aromatic rings. The van der Waals surface area contributed by atoms with Gasteiger partial charge in [0.2, 0.25) is 11.8 Å². The molecule has 5 nitrogen and oxygen atoms in total. The summed E-state index contributed by atoms with van der Waals surface area (Å²) in [6, 6.07) is 3.82. The molecule has 1 aromatic carbocycles. The summed E-state index contributed by atoms with van der Waals surface area (Å²) in [5, 5.41) is 2.50. The lowest BCUT2D eigenvalue weighted by Crippen LogP contribution is -2.58. The van der Waals surface area contributed by atoms with Gasteiger partial charge in [-0.3, -0.25) is 14.9 Å². The number of barbiturate groups is 1. The summed E-state index contributed by atoms with van der Waals surface area (Å²) in [7, 11) is 0. The summed E-state index contributed by atoms with van der Waals surface area (Å²) in [6.07, 6.45) is 0.999. The van der Waals surface area contributed by atoms with E-state index in [-0.39, 0.29) is 15.7 Å². The zero-order valence-electron chi connectivity index (χ0n) is 10.7. The minimum absolute atomic E-state index is 0.104. The predicted molar refractivity (Wildman–Crippen MR) is 75.9 cm³/mol. The second-order valence-corrected chi connectivity index (χ2v) is 5.19. The topological polar surface area (TPSA) is 66.5 Å². The van der Waals surface area contributed by atoms with Gasteiger partial charge in [-0.05, 0) is 18.6 Å². The van der Waals surface area contributed by atoms with Gasteiger partial charge in [0.05, 0.1) is 15.7 Å². The van der Waals surface area contributed by atoms with Gasteiger partial charge in [-0.1, -0.05) is 42.6 Å². The van der Waals surface area contributed by atoms with E-state index in [4.69, 9.17) is 23.2 Å². The molecule has 1 unspecified atom stereocenters. The summed E-state index contributed by atoms with van der Waals surface area (Å²) in [5.74, 6) is -2.08. The number of anilines is 1. The average Bonchev–Trinajstić information content (AvgIpc) is 2.37. The highest BCUT2D eigenvalue weighted by atomic mass is 35.5. The number of para-hydroxylation sites is 1. The van der Waals surface area contributed by atoms with E-state index >= 15 is 0 Å². The number of imide groups is 2. The van der Waals surface area contributed by atoms with Crippen LogP contribution in [0.2, 0.25) is 10.0 Å². The molecular formula is C13H12Cl2N2O3. The minimum Gasteiger partial charge on any atom is -0.277 e. The van der Waals surface area contributed by atoms with Crippen molar-refractivity contribution in [1.29, 1.82) is 0 Å². The Labute approximate surface area is 125 Å². The van der Waals surface area contributed by atoms with Crippen molar-refractivity contribution < 1.29 is 14.4 Å². The van der Waals surface area contributed by atoms with Crippen molar-refractivity contribution in [3.63, 3.8) is 0 Å². The number of urea groups is 1. The van der Waals surface area contributed by atoms with Crippen molar-refractivity contribution in [2.75, 3.05) is 4.90 Å². The summed E-state index contributed by atoms with van der Waals surface area (Å²) >= 11 is 12.0. The van der Waals surface area contributed by atoms with Crippen LogP contribution >= 0.6 is 23.2 Å². The maximum atomic E-state index is 12.4. The molecular weight excluding hydrogens is 303 g/mol. The molecule has 1 atom stereocenters. The van der Waals surface area contributed by atoms with Crippen LogP contribution in [-0.2, 0) is 9.59 Å². The number of nitrogens with zero attached hydrogens (tertiary/aromatic N) is 1. The highest BCUT2D eigenvalue weighted by molar-refractivity contribution is 6.42. The first-order valence-electron chi connectivity index (χ1n) is 6.10. The van der Waals surface area contributed by atoms with Crippen LogP contribution in [0.5, 0.6) is 0 Å². The molecule has 0 spiro atoms. The van der Waals surface area contributed by atoms with Crippen molar-refractivity contribution >= 4 is 46.7 Å². The summed E-state index contributed by atoms with van der Waals surface area (Å²) < 4.78 is 0. The van der Waals surface area contributed by atoms with Crippen LogP contribution < -0.4 is 10.2 Å². The Morgan fingerprint density at radius 3 is 2.35 bits per heavy atom. The fourth-order valence-electron chi connectivity index (χ4n) is 2.07. The number of hydrogen-bond donors (Lipinski definition) is 1. The fourth-order valence-corrected chi connectivity index (χ4v) is 2.64. The number of nitrogens with one attached hydrogen (secondary N) is 1. The number of rotatable bonds is 3. The molecule has 4 amide bonds. The maximum Gasteiger partial charge on any atom is 0.335 e. The predicted octanol–water partition coefficient (Wildman–Crippen LogP) is 2.99. The zero-order chi connectivity index (χ0) is 14.9. The second kappa shape index (κ2) is 5.81. The Balaban J connectivity index is 2.47. The van der Waals surface area contributed by atoms with Gasteiger partial charge < -0.3 is 0 Å². The monoisotopic (exact) mass is 314 g/mol. The lowest BCUT2D eigenvalue weighted by Gasteiger charge is -2.30. The fraction of sp³-hybridized carbons (Fsp3) is 0.308. The molecule has 7 heteroatoms. The average molecular weight is 315 g/mol. The van der Waals surface area contributed by atoms with E-state index in [0.29, 0.717) is 12.8 Å². The van der Waals surface area contributed by atoms with Crippen LogP contribution in [0, 0.1) is 5.92 Å². The first-order valence-corrected chi connectivity index (χ1v) is 6.85. The van der Waals surface area contributed by atoms with Crippen LogP contribution in [-0.4, -0.2) is 17.8 Å². The van der Waals surface area contributed by atoms with Gasteiger partial charge >= 0.3 is 6.03 Å². The van der Waals surface area contributed by atoms with Crippen LogP contribution in [0.15, 0.2) is 18.2 Å². The normalized spacial score (nSPS) is 19.2. The standard InChI is InChI=1S/C13H12Cl2N2O3/c1-2-4-7-11(18)16-13(20)17(12(7)19)10-8(14)5-3-6-9(10)15/h3,5-7H,2,4H2,1H3,(H,16,18,20). The number of hydrogen-bond acceptors (Lipinski definition) is 3. The van der Waals surface area contributed by atoms with Crippen LogP contribution in [0.1, 0.15) is 19.8 Å². The Morgan fingerprint density at radius 1 is 1.20 bits per heavy atom. The molecule has 0 bridgehead atoms. The molecule has 0 radical (unpaired) electrons. The molecule has 1 aliphatic heterocycles. The third-order valence-corrected chi connectivity index (χ3v) is 3.62. The lowest BCUT2D eigenvalue weighted by molar-refractivity contribution is -0.134. The first kappa shape index (κ1) is 14.8. The quantitative estimate of drug-likeness (QED) is 0.872. The zero-order valence-corrected chi connectivity index (χ0v) is 12.2. The molecule has 0 aromatic heterocycles. The highest BCUT2D eigenvalue weighted by Crippen LogP contribution is 2.35. The largest absolute Gasteiger partial charge is 0.335 e. The van der Waals surface area contributed by atoms with Gasteiger partial charge in [0.15, 0.2) is 0 Å². The van der Waals surface area contributed by atoms with E-state index < -0.39 is 23.8 Å². The van der Waals surface area contributed by atoms with Crippen LogP contribution in [0.3, 0.4) is 0 Å². The Bertz CT molecular complexity index is 569. The van der Waals surface area contributed by atoms with Gasteiger partial charge in [-0.15, -0.1) is 0 Å². The molecule has 106 valence electrons. The second-order valence-electron chi connectivity index (χ2n) is 4.38. The van der Waals surface area contributed by atoms with Crippen molar-refractivity contribution in [3.05, 3.63) is 28.2 Å². The van der Waals surface area contributed by atoms with E-state index in [2.05, 4.69) is 5.32 Å². The molecule has 1 heterocycles. The third kappa shape index (κ3) is 2.51. The number of carbonyl (C=O) groups is 3. The van der Waals surface area contributed by atoms with Crippen molar-refractivity contribution in [1.82, 2.24) is 5.32 Å². The molecule has 1 aliphatic rings. The molecule has 0 aliphatic carbocycles. The van der Waals surface area contributed by atoms with E-state index in [9.17, 15) is 14.4 Å². The maximum absolute atomic E-state index is 12.4. The third-order valence-electron chi connectivity index (χ3n) is 3.01. The molecule has 2 rings (SSSR count). The summed E-state index contributed by atoms with van der Waals surface area (Å²) in [4.78, 5) is 36.8. The molecule has 1 fully saturated rings. The Morgan fingerprint density at radius 2 is 1.80 bits per heavy atom. The van der Waals surface area contributed by atoms with Gasteiger partial charge in [-0.25, -0.2) is 9.69 Å². The van der Waals surface area contributed by atoms with E-state index in [0.717, 1.165) is 4.90 Å². The number of halogens is 2. The summed E-state index contributed by atoms with van der Waals surface area (Å²) in [5.41, 5.74) is 0.104. The number of benzene rings is 1. The van der Waals surface area contributed by atoms with Gasteiger partial charge in [0.25, 0.3) is 0 Å². The van der Waals surface area contributed by atoms with Crippen molar-refractivity contribution in [3.8, 4) is 0 Å². The Kier molecular flexibility index (Phi) is 4.30. The number of carbonyl (C=O) groups excluding carboxylic acids is 3. The van der Waals surface area contributed by atoms with Gasteiger partial charge in [0, 0.05) is 0 Å². The SMILES string of the molecule is CCCC1C(=O)NC(=O)N(c2c(Cl)cccc2Cl)C1=O.